The van der Waals surface area contributed by atoms with Crippen molar-refractivity contribution >= 4 is 11.7 Å². The molecule has 3 rings (SSSR count). The number of aliphatic hydroxyl groups excluding tert-OH is 1. The Hall–Kier alpha value is -1.77. The Bertz CT molecular complexity index is 603. The molecular weight excluding hydrogens is 344 g/mol. The minimum Gasteiger partial charge on any atom is -0.391 e. The molecule has 0 aliphatic carbocycles. The van der Waals surface area contributed by atoms with Crippen LogP contribution in [0.3, 0.4) is 0 Å². The Morgan fingerprint density at radius 1 is 1.26 bits per heavy atom. The van der Waals surface area contributed by atoms with E-state index in [2.05, 4.69) is 32.2 Å². The molecule has 2 aliphatic rings. The van der Waals surface area contributed by atoms with Gasteiger partial charge in [0.15, 0.2) is 5.82 Å². The van der Waals surface area contributed by atoms with Gasteiger partial charge in [-0.05, 0) is 25.1 Å². The molecular formula is C19H32N6O2. The van der Waals surface area contributed by atoms with Gasteiger partial charge in [-0.1, -0.05) is 6.92 Å². The fourth-order valence-electron chi connectivity index (χ4n) is 3.76. The molecule has 1 aromatic heterocycles. The monoisotopic (exact) mass is 376 g/mol. The normalized spacial score (nSPS) is 23.6. The molecule has 150 valence electrons. The number of piperazine rings is 1. The summed E-state index contributed by atoms with van der Waals surface area (Å²) >= 11 is 0. The molecule has 0 spiro atoms. The summed E-state index contributed by atoms with van der Waals surface area (Å²) in [7, 11) is 1.78. The van der Waals surface area contributed by atoms with Crippen LogP contribution in [0.2, 0.25) is 0 Å². The number of hydrogen-bond acceptors (Lipinski definition) is 7. The molecule has 2 atom stereocenters. The number of aliphatic hydroxyl groups is 1. The van der Waals surface area contributed by atoms with Gasteiger partial charge in [-0.15, -0.1) is 5.10 Å². The molecule has 0 radical (unpaired) electrons. The zero-order valence-electron chi connectivity index (χ0n) is 16.5. The molecule has 2 aliphatic heterocycles. The minimum absolute atomic E-state index is 0.000199. The summed E-state index contributed by atoms with van der Waals surface area (Å²) in [5, 5.41) is 21.6. The number of carbonyl (C=O) groups is 1. The van der Waals surface area contributed by atoms with Gasteiger partial charge < -0.3 is 20.2 Å². The van der Waals surface area contributed by atoms with E-state index in [1.54, 1.807) is 11.9 Å². The van der Waals surface area contributed by atoms with E-state index in [1.165, 1.54) is 6.42 Å². The number of nitrogens with zero attached hydrogens (tertiary/aromatic N) is 5. The third-order valence-electron chi connectivity index (χ3n) is 5.51. The average Bonchev–Trinajstić information content (AvgIpc) is 3.08. The van der Waals surface area contributed by atoms with Gasteiger partial charge in [-0.25, -0.2) is 0 Å². The van der Waals surface area contributed by atoms with Crippen molar-refractivity contribution < 1.29 is 9.90 Å². The highest BCUT2D eigenvalue weighted by atomic mass is 16.3. The van der Waals surface area contributed by atoms with Gasteiger partial charge in [-0.2, -0.15) is 5.10 Å². The molecule has 3 heterocycles. The zero-order chi connectivity index (χ0) is 19.2. The topological polar surface area (TPSA) is 84.8 Å². The van der Waals surface area contributed by atoms with Gasteiger partial charge >= 0.3 is 0 Å². The Kier molecular flexibility index (Phi) is 6.98. The number of rotatable bonds is 7. The zero-order valence-corrected chi connectivity index (χ0v) is 16.5. The van der Waals surface area contributed by atoms with Crippen LogP contribution in [-0.4, -0.2) is 90.0 Å². The highest BCUT2D eigenvalue weighted by molar-refractivity contribution is 5.76. The van der Waals surface area contributed by atoms with E-state index >= 15 is 0 Å². The lowest BCUT2D eigenvalue weighted by Gasteiger charge is -2.35. The second kappa shape index (κ2) is 9.43. The van der Waals surface area contributed by atoms with E-state index in [9.17, 15) is 9.90 Å². The van der Waals surface area contributed by atoms with Crippen molar-refractivity contribution in [3.05, 3.63) is 17.8 Å². The average molecular weight is 377 g/mol. The number of aromatic nitrogens is 2. The number of hydrogen-bond donors (Lipinski definition) is 2. The first kappa shape index (κ1) is 20.0. The molecule has 27 heavy (non-hydrogen) atoms. The molecule has 8 heteroatoms. The molecule has 2 N–H and O–H groups in total. The summed E-state index contributed by atoms with van der Waals surface area (Å²) in [6, 6.07) is 3.96. The first-order chi connectivity index (χ1) is 13.1. The smallest absolute Gasteiger partial charge is 0.223 e. The molecule has 0 bridgehead atoms. The van der Waals surface area contributed by atoms with Crippen LogP contribution >= 0.6 is 0 Å². The lowest BCUT2D eigenvalue weighted by atomic mass is 10.0. The number of amides is 1. The van der Waals surface area contributed by atoms with Crippen molar-refractivity contribution in [2.45, 2.75) is 32.4 Å². The van der Waals surface area contributed by atoms with Crippen molar-refractivity contribution in [3.63, 3.8) is 0 Å². The Morgan fingerprint density at radius 3 is 2.63 bits per heavy atom. The van der Waals surface area contributed by atoms with Crippen LogP contribution in [-0.2, 0) is 11.3 Å². The predicted molar refractivity (Wildman–Crippen MR) is 104 cm³/mol. The van der Waals surface area contributed by atoms with Crippen LogP contribution < -0.4 is 10.2 Å². The second-order valence-corrected chi connectivity index (χ2v) is 7.65. The maximum atomic E-state index is 12.4. The van der Waals surface area contributed by atoms with Gasteiger partial charge in [0.25, 0.3) is 0 Å². The number of nitrogens with one attached hydrogen (secondary N) is 1. The van der Waals surface area contributed by atoms with E-state index in [4.69, 9.17) is 0 Å². The van der Waals surface area contributed by atoms with E-state index in [0.717, 1.165) is 44.2 Å². The lowest BCUT2D eigenvalue weighted by molar-refractivity contribution is -0.132. The van der Waals surface area contributed by atoms with E-state index in [-0.39, 0.29) is 11.8 Å². The van der Waals surface area contributed by atoms with Crippen molar-refractivity contribution in [2.24, 2.45) is 5.92 Å². The van der Waals surface area contributed by atoms with Gasteiger partial charge in [0.1, 0.15) is 0 Å². The first-order valence-electron chi connectivity index (χ1n) is 9.99. The summed E-state index contributed by atoms with van der Waals surface area (Å²) in [4.78, 5) is 18.8. The fraction of sp³-hybridized carbons (Fsp3) is 0.737. The van der Waals surface area contributed by atoms with E-state index in [1.807, 2.05) is 12.1 Å². The summed E-state index contributed by atoms with van der Waals surface area (Å²) in [6.45, 7) is 9.16. The Morgan fingerprint density at radius 2 is 2.04 bits per heavy atom. The standard InChI is InChI=1S/C19H32N6O2/c1-3-6-24-7-9-25(10-8-24)18-5-4-16(21-22-18)14-23(2)19(27)11-15-12-20-13-17(15)26/h4-5,15,17,20,26H,3,6-14H2,1-2H3/t15-,17-/m1/s1. The molecule has 0 saturated carbocycles. The minimum atomic E-state index is -0.431. The molecule has 8 nitrogen and oxygen atoms in total. The SMILES string of the molecule is CCCN1CCN(c2ccc(CN(C)C(=O)C[C@@H]3CNC[C@H]3O)nn2)CC1. The molecule has 0 unspecified atom stereocenters. The van der Waals surface area contributed by atoms with E-state index in [0.29, 0.717) is 26.1 Å². The highest BCUT2D eigenvalue weighted by Gasteiger charge is 2.28. The molecule has 1 amide bonds. The van der Waals surface area contributed by atoms with Crippen LogP contribution in [0, 0.1) is 5.92 Å². The molecule has 2 saturated heterocycles. The number of carbonyl (C=O) groups excluding carboxylic acids is 1. The Labute approximate surface area is 161 Å². The van der Waals surface area contributed by atoms with Gasteiger partial charge in [-0.3, -0.25) is 9.69 Å². The summed E-state index contributed by atoms with van der Waals surface area (Å²) in [5.41, 5.74) is 0.782. The number of β-amino-alcohol motifs (C(OH)–C–C–N with tert-alkyl or cyclic N) is 1. The number of anilines is 1. The third-order valence-corrected chi connectivity index (χ3v) is 5.51. The molecule has 2 fully saturated rings. The molecule has 0 aromatic carbocycles. The summed E-state index contributed by atoms with van der Waals surface area (Å²) in [5.74, 6) is 0.935. The van der Waals surface area contributed by atoms with Crippen molar-refractivity contribution in [1.82, 2.24) is 25.3 Å². The fourth-order valence-corrected chi connectivity index (χ4v) is 3.76. The highest BCUT2D eigenvalue weighted by Crippen LogP contribution is 2.16. The lowest BCUT2D eigenvalue weighted by Crippen LogP contribution is -2.46. The van der Waals surface area contributed by atoms with Crippen molar-refractivity contribution in [2.75, 3.05) is 57.8 Å². The second-order valence-electron chi connectivity index (χ2n) is 7.65. The van der Waals surface area contributed by atoms with Crippen molar-refractivity contribution in [3.8, 4) is 0 Å². The predicted octanol–water partition coefficient (Wildman–Crippen LogP) is -0.0626. The third kappa shape index (κ3) is 5.37. The van der Waals surface area contributed by atoms with Gasteiger partial charge in [0, 0.05) is 58.7 Å². The van der Waals surface area contributed by atoms with Crippen LogP contribution in [0.1, 0.15) is 25.5 Å². The quantitative estimate of drug-likeness (QED) is 0.689. The van der Waals surface area contributed by atoms with Crippen LogP contribution in [0.5, 0.6) is 0 Å². The maximum Gasteiger partial charge on any atom is 0.223 e. The van der Waals surface area contributed by atoms with Crippen LogP contribution in [0.4, 0.5) is 5.82 Å². The maximum absolute atomic E-state index is 12.4. The largest absolute Gasteiger partial charge is 0.391 e. The van der Waals surface area contributed by atoms with Gasteiger partial charge in [0.2, 0.25) is 5.91 Å². The van der Waals surface area contributed by atoms with E-state index < -0.39 is 6.10 Å². The van der Waals surface area contributed by atoms with Crippen molar-refractivity contribution in [1.29, 1.82) is 0 Å². The first-order valence-corrected chi connectivity index (χ1v) is 9.99. The van der Waals surface area contributed by atoms with Crippen LogP contribution in [0.25, 0.3) is 0 Å². The Balaban J connectivity index is 1.48. The van der Waals surface area contributed by atoms with Crippen LogP contribution in [0.15, 0.2) is 12.1 Å². The van der Waals surface area contributed by atoms with Gasteiger partial charge in [0.05, 0.1) is 18.3 Å². The molecule has 1 aromatic rings. The summed E-state index contributed by atoms with van der Waals surface area (Å²) in [6.07, 6.45) is 1.12. The summed E-state index contributed by atoms with van der Waals surface area (Å²) < 4.78 is 0.